The van der Waals surface area contributed by atoms with Gasteiger partial charge in [0.25, 0.3) is 0 Å². The molecule has 0 bridgehead atoms. The number of aromatic nitrogens is 1. The highest BCUT2D eigenvalue weighted by Gasteiger charge is 2.24. The van der Waals surface area contributed by atoms with E-state index in [-0.39, 0.29) is 5.91 Å². The van der Waals surface area contributed by atoms with Gasteiger partial charge in [-0.1, -0.05) is 30.3 Å². The maximum Gasteiger partial charge on any atom is 0.231 e. The Hall–Kier alpha value is -2.75. The standard InChI is InChI=1S/C19H18N2O2/c1-23-17-8-4-6-15-14(12-20-19(15)17)11-18(22)21-10-9-13-5-2-3-7-16(13)21/h2-8,12,20H,9-11H2,1H3. The van der Waals surface area contributed by atoms with Gasteiger partial charge in [0, 0.05) is 23.8 Å². The molecule has 0 saturated heterocycles. The fourth-order valence-electron chi connectivity index (χ4n) is 3.36. The number of nitrogens with one attached hydrogen (secondary N) is 1. The number of nitrogens with zero attached hydrogens (tertiary/aromatic N) is 1. The first-order valence-corrected chi connectivity index (χ1v) is 7.79. The van der Waals surface area contributed by atoms with E-state index in [1.807, 2.05) is 47.5 Å². The molecule has 116 valence electrons. The highest BCUT2D eigenvalue weighted by Crippen LogP contribution is 2.30. The molecule has 0 spiro atoms. The number of anilines is 1. The quantitative estimate of drug-likeness (QED) is 0.807. The van der Waals surface area contributed by atoms with Crippen molar-refractivity contribution in [2.45, 2.75) is 12.8 Å². The Balaban J connectivity index is 1.63. The largest absolute Gasteiger partial charge is 0.495 e. The zero-order valence-electron chi connectivity index (χ0n) is 13.0. The highest BCUT2D eigenvalue weighted by atomic mass is 16.5. The zero-order chi connectivity index (χ0) is 15.8. The van der Waals surface area contributed by atoms with E-state index in [0.717, 1.165) is 40.9 Å². The third-order valence-electron chi connectivity index (χ3n) is 4.51. The monoisotopic (exact) mass is 306 g/mol. The van der Waals surface area contributed by atoms with Crippen LogP contribution in [-0.4, -0.2) is 24.5 Å². The molecule has 2 aromatic carbocycles. The second-order valence-electron chi connectivity index (χ2n) is 5.80. The van der Waals surface area contributed by atoms with Crippen molar-refractivity contribution in [1.82, 2.24) is 4.98 Å². The average molecular weight is 306 g/mol. The number of H-pyrrole nitrogens is 1. The summed E-state index contributed by atoms with van der Waals surface area (Å²) in [6.45, 7) is 0.768. The van der Waals surface area contributed by atoms with Gasteiger partial charge in [-0.3, -0.25) is 4.79 Å². The molecule has 4 nitrogen and oxygen atoms in total. The third-order valence-corrected chi connectivity index (χ3v) is 4.51. The summed E-state index contributed by atoms with van der Waals surface area (Å²) >= 11 is 0. The molecule has 0 atom stereocenters. The van der Waals surface area contributed by atoms with E-state index in [1.165, 1.54) is 5.56 Å². The van der Waals surface area contributed by atoms with Crippen molar-refractivity contribution in [1.29, 1.82) is 0 Å². The summed E-state index contributed by atoms with van der Waals surface area (Å²) in [7, 11) is 1.65. The lowest BCUT2D eigenvalue weighted by Crippen LogP contribution is -2.30. The van der Waals surface area contributed by atoms with E-state index in [9.17, 15) is 4.79 Å². The van der Waals surface area contributed by atoms with Crippen LogP contribution in [0.1, 0.15) is 11.1 Å². The normalized spacial score (nSPS) is 13.3. The van der Waals surface area contributed by atoms with Gasteiger partial charge in [-0.2, -0.15) is 0 Å². The molecule has 4 heteroatoms. The Morgan fingerprint density at radius 2 is 2.09 bits per heavy atom. The summed E-state index contributed by atoms with van der Waals surface area (Å²) < 4.78 is 5.37. The van der Waals surface area contributed by atoms with Gasteiger partial charge in [0.1, 0.15) is 5.75 Å². The van der Waals surface area contributed by atoms with Crippen LogP contribution in [0.2, 0.25) is 0 Å². The Bertz CT molecular complexity index is 882. The van der Waals surface area contributed by atoms with E-state index in [2.05, 4.69) is 11.1 Å². The van der Waals surface area contributed by atoms with Crippen molar-refractivity contribution in [3.8, 4) is 5.75 Å². The number of carbonyl (C=O) groups is 1. The van der Waals surface area contributed by atoms with Crippen molar-refractivity contribution in [3.05, 3.63) is 59.8 Å². The maximum absolute atomic E-state index is 12.8. The minimum atomic E-state index is 0.138. The molecule has 2 heterocycles. The molecule has 23 heavy (non-hydrogen) atoms. The summed E-state index contributed by atoms with van der Waals surface area (Å²) in [5.41, 5.74) is 4.25. The zero-order valence-corrected chi connectivity index (χ0v) is 13.0. The van der Waals surface area contributed by atoms with Crippen LogP contribution in [0.4, 0.5) is 5.69 Å². The number of para-hydroxylation sites is 2. The molecule has 1 amide bonds. The second kappa shape index (κ2) is 5.47. The Morgan fingerprint density at radius 1 is 1.22 bits per heavy atom. The third kappa shape index (κ3) is 2.27. The maximum atomic E-state index is 12.8. The first-order chi connectivity index (χ1) is 11.3. The van der Waals surface area contributed by atoms with Crippen LogP contribution in [0.25, 0.3) is 10.9 Å². The molecular weight excluding hydrogens is 288 g/mol. The van der Waals surface area contributed by atoms with Crippen LogP contribution in [0.5, 0.6) is 5.75 Å². The van der Waals surface area contributed by atoms with Crippen molar-refractivity contribution in [2.75, 3.05) is 18.6 Å². The van der Waals surface area contributed by atoms with Crippen molar-refractivity contribution in [2.24, 2.45) is 0 Å². The van der Waals surface area contributed by atoms with E-state index in [1.54, 1.807) is 7.11 Å². The van der Waals surface area contributed by atoms with Crippen molar-refractivity contribution in [3.63, 3.8) is 0 Å². The lowest BCUT2D eigenvalue weighted by molar-refractivity contribution is -0.117. The van der Waals surface area contributed by atoms with Crippen LogP contribution in [-0.2, 0) is 17.6 Å². The smallest absolute Gasteiger partial charge is 0.231 e. The predicted molar refractivity (Wildman–Crippen MR) is 91.1 cm³/mol. The molecule has 1 N–H and O–H groups in total. The molecule has 0 fully saturated rings. The van der Waals surface area contributed by atoms with Gasteiger partial charge in [0.15, 0.2) is 0 Å². The molecule has 0 aliphatic carbocycles. The van der Waals surface area contributed by atoms with Gasteiger partial charge < -0.3 is 14.6 Å². The number of rotatable bonds is 3. The molecule has 1 aliphatic heterocycles. The Kier molecular flexibility index (Phi) is 3.30. The van der Waals surface area contributed by atoms with E-state index < -0.39 is 0 Å². The summed E-state index contributed by atoms with van der Waals surface area (Å²) in [5, 5.41) is 1.05. The topological polar surface area (TPSA) is 45.3 Å². The van der Waals surface area contributed by atoms with Crippen LogP contribution in [0.15, 0.2) is 48.7 Å². The number of methoxy groups -OCH3 is 1. The lowest BCUT2D eigenvalue weighted by Gasteiger charge is -2.17. The molecule has 3 aromatic rings. The van der Waals surface area contributed by atoms with Gasteiger partial charge in [-0.25, -0.2) is 0 Å². The minimum absolute atomic E-state index is 0.138. The van der Waals surface area contributed by atoms with Gasteiger partial charge in [0.05, 0.1) is 19.0 Å². The van der Waals surface area contributed by atoms with E-state index in [4.69, 9.17) is 4.74 Å². The van der Waals surface area contributed by atoms with Gasteiger partial charge >= 0.3 is 0 Å². The number of aromatic amines is 1. The van der Waals surface area contributed by atoms with Gasteiger partial charge in [-0.05, 0) is 29.7 Å². The number of hydrogen-bond donors (Lipinski definition) is 1. The van der Waals surface area contributed by atoms with Gasteiger partial charge in [-0.15, -0.1) is 0 Å². The van der Waals surface area contributed by atoms with Crippen LogP contribution < -0.4 is 9.64 Å². The number of carbonyl (C=O) groups excluding carboxylic acids is 1. The second-order valence-corrected chi connectivity index (χ2v) is 5.80. The summed E-state index contributed by atoms with van der Waals surface area (Å²) in [5.74, 6) is 0.936. The fraction of sp³-hybridized carbons (Fsp3) is 0.211. The molecular formula is C19H18N2O2. The highest BCUT2D eigenvalue weighted by molar-refractivity contribution is 5.99. The summed E-state index contributed by atoms with van der Waals surface area (Å²) in [6.07, 6.45) is 3.23. The Morgan fingerprint density at radius 3 is 2.96 bits per heavy atom. The van der Waals surface area contributed by atoms with Crippen molar-refractivity contribution >= 4 is 22.5 Å². The fourth-order valence-corrected chi connectivity index (χ4v) is 3.36. The lowest BCUT2D eigenvalue weighted by atomic mass is 10.1. The number of fused-ring (bicyclic) bond motifs is 2. The molecule has 0 radical (unpaired) electrons. The van der Waals surface area contributed by atoms with E-state index >= 15 is 0 Å². The van der Waals surface area contributed by atoms with Crippen LogP contribution in [0.3, 0.4) is 0 Å². The SMILES string of the molecule is COc1cccc2c(CC(=O)N3CCc4ccccc43)c[nH]c12. The molecule has 1 aliphatic rings. The molecule has 0 unspecified atom stereocenters. The first kappa shape index (κ1) is 13.9. The number of ether oxygens (including phenoxy) is 1. The first-order valence-electron chi connectivity index (χ1n) is 7.79. The molecule has 4 rings (SSSR count). The minimum Gasteiger partial charge on any atom is -0.495 e. The number of benzene rings is 2. The predicted octanol–water partition coefficient (Wildman–Crippen LogP) is 3.31. The van der Waals surface area contributed by atoms with Crippen LogP contribution in [0, 0.1) is 0 Å². The number of hydrogen-bond acceptors (Lipinski definition) is 2. The Labute approximate surface area is 134 Å². The average Bonchev–Trinajstić information content (AvgIpc) is 3.19. The van der Waals surface area contributed by atoms with Crippen molar-refractivity contribution < 1.29 is 9.53 Å². The van der Waals surface area contributed by atoms with E-state index in [0.29, 0.717) is 6.42 Å². The molecule has 1 aromatic heterocycles. The summed E-state index contributed by atoms with van der Waals surface area (Å²) in [4.78, 5) is 17.9. The summed E-state index contributed by atoms with van der Waals surface area (Å²) in [6, 6.07) is 14.0. The number of amides is 1. The van der Waals surface area contributed by atoms with Crippen LogP contribution >= 0.6 is 0 Å². The molecule has 0 saturated carbocycles. The van der Waals surface area contributed by atoms with Gasteiger partial charge in [0.2, 0.25) is 5.91 Å².